The normalized spacial score (nSPS) is 21.6. The van der Waals surface area contributed by atoms with Gasteiger partial charge >= 0.3 is 0 Å². The maximum absolute atomic E-state index is 12.1. The van der Waals surface area contributed by atoms with Gasteiger partial charge in [0.1, 0.15) is 9.88 Å². The first kappa shape index (κ1) is 14.2. The van der Waals surface area contributed by atoms with Crippen molar-refractivity contribution in [2.24, 2.45) is 13.0 Å². The maximum atomic E-state index is 12.1. The molecule has 2 aromatic heterocycles. The number of hydrogen-bond acceptors (Lipinski definition) is 5. The van der Waals surface area contributed by atoms with E-state index in [0.717, 1.165) is 29.8 Å². The minimum atomic E-state index is -0.280. The predicted octanol–water partition coefficient (Wildman–Crippen LogP) is 1.43. The lowest BCUT2D eigenvalue weighted by molar-refractivity contribution is 0.0920. The van der Waals surface area contributed by atoms with E-state index in [4.69, 9.17) is 0 Å². The van der Waals surface area contributed by atoms with Gasteiger partial charge in [0.05, 0.1) is 18.5 Å². The van der Waals surface area contributed by atoms with Crippen LogP contribution in [0, 0.1) is 5.92 Å². The number of carbonyl (C=O) groups is 1. The maximum Gasteiger partial charge on any atom is 0.263 e. The van der Waals surface area contributed by atoms with Gasteiger partial charge in [-0.05, 0) is 12.8 Å². The van der Waals surface area contributed by atoms with Crippen LogP contribution in [0.25, 0.3) is 10.6 Å². The molecule has 1 saturated carbocycles. The van der Waals surface area contributed by atoms with Crippen LogP contribution in [-0.4, -0.2) is 38.4 Å². The zero-order valence-electron chi connectivity index (χ0n) is 11.8. The Kier molecular flexibility index (Phi) is 4.03. The van der Waals surface area contributed by atoms with Crippen LogP contribution < -0.4 is 5.32 Å². The summed E-state index contributed by atoms with van der Waals surface area (Å²) < 4.78 is 1.71. The Morgan fingerprint density at radius 3 is 3.05 bits per heavy atom. The van der Waals surface area contributed by atoms with E-state index in [1.165, 1.54) is 11.3 Å². The number of thiazole rings is 1. The van der Waals surface area contributed by atoms with Gasteiger partial charge in [0, 0.05) is 31.3 Å². The molecule has 1 aliphatic carbocycles. The zero-order valence-corrected chi connectivity index (χ0v) is 12.6. The molecule has 0 spiro atoms. The fourth-order valence-electron chi connectivity index (χ4n) is 2.61. The minimum Gasteiger partial charge on any atom is -0.393 e. The molecule has 0 bridgehead atoms. The molecule has 2 aromatic rings. The van der Waals surface area contributed by atoms with Gasteiger partial charge in [0.25, 0.3) is 5.91 Å². The van der Waals surface area contributed by atoms with Crippen LogP contribution in [0.15, 0.2) is 18.6 Å². The van der Waals surface area contributed by atoms with Crippen LogP contribution in [0.2, 0.25) is 0 Å². The van der Waals surface area contributed by atoms with Gasteiger partial charge in [0.15, 0.2) is 0 Å². The number of nitrogens with one attached hydrogen (secondary N) is 1. The number of aliphatic hydroxyl groups is 1. The van der Waals surface area contributed by atoms with E-state index in [1.54, 1.807) is 17.1 Å². The van der Waals surface area contributed by atoms with Gasteiger partial charge in [-0.15, -0.1) is 11.3 Å². The number of aryl methyl sites for hydroxylation is 1. The van der Waals surface area contributed by atoms with Crippen molar-refractivity contribution >= 4 is 17.2 Å². The van der Waals surface area contributed by atoms with Crippen molar-refractivity contribution in [3.8, 4) is 10.6 Å². The molecule has 1 amide bonds. The quantitative estimate of drug-likeness (QED) is 0.895. The second-order valence-corrected chi connectivity index (χ2v) is 6.43. The van der Waals surface area contributed by atoms with Crippen molar-refractivity contribution in [1.29, 1.82) is 0 Å². The molecule has 0 radical (unpaired) electrons. The third kappa shape index (κ3) is 3.14. The van der Waals surface area contributed by atoms with E-state index in [-0.39, 0.29) is 17.9 Å². The second-order valence-electron chi connectivity index (χ2n) is 5.40. The van der Waals surface area contributed by atoms with Crippen LogP contribution in [0.1, 0.15) is 28.9 Å². The van der Waals surface area contributed by atoms with Crippen molar-refractivity contribution in [2.45, 2.75) is 25.4 Å². The van der Waals surface area contributed by atoms with Crippen molar-refractivity contribution in [3.63, 3.8) is 0 Å². The van der Waals surface area contributed by atoms with Gasteiger partial charge in [-0.1, -0.05) is 6.42 Å². The molecule has 7 heteroatoms. The van der Waals surface area contributed by atoms with E-state index in [1.807, 2.05) is 13.2 Å². The minimum absolute atomic E-state index is 0.123. The lowest BCUT2D eigenvalue weighted by Crippen LogP contribution is -2.32. The average molecular weight is 306 g/mol. The van der Waals surface area contributed by atoms with Crippen molar-refractivity contribution in [2.75, 3.05) is 6.54 Å². The molecule has 0 aliphatic heterocycles. The summed E-state index contributed by atoms with van der Waals surface area (Å²) in [5.74, 6) is 0.0569. The molecule has 112 valence electrons. The van der Waals surface area contributed by atoms with Gasteiger partial charge in [-0.3, -0.25) is 9.48 Å². The first-order valence-electron chi connectivity index (χ1n) is 7.04. The van der Waals surface area contributed by atoms with E-state index in [0.29, 0.717) is 11.4 Å². The molecule has 2 unspecified atom stereocenters. The molecule has 1 fully saturated rings. The summed E-state index contributed by atoms with van der Waals surface area (Å²) in [6.45, 7) is 0.528. The third-order valence-corrected chi connectivity index (χ3v) is 4.87. The fourth-order valence-corrected chi connectivity index (χ4v) is 3.42. The Labute approximate surface area is 126 Å². The summed E-state index contributed by atoms with van der Waals surface area (Å²) in [5.41, 5.74) is 0.910. The van der Waals surface area contributed by atoms with Gasteiger partial charge in [-0.2, -0.15) is 5.10 Å². The standard InChI is InChI=1S/C14H18N4O2S/c1-18-8-10(6-17-18)14-16-7-12(21-14)13(20)15-5-9-3-2-4-11(9)19/h6-9,11,19H,2-5H2,1H3,(H,15,20). The summed E-state index contributed by atoms with van der Waals surface area (Å²) in [7, 11) is 1.84. The molecular weight excluding hydrogens is 288 g/mol. The Morgan fingerprint density at radius 2 is 2.38 bits per heavy atom. The monoisotopic (exact) mass is 306 g/mol. The Morgan fingerprint density at radius 1 is 1.52 bits per heavy atom. The van der Waals surface area contributed by atoms with Crippen LogP contribution in [0.3, 0.4) is 0 Å². The van der Waals surface area contributed by atoms with Crippen molar-refractivity contribution < 1.29 is 9.90 Å². The largest absolute Gasteiger partial charge is 0.393 e. The summed E-state index contributed by atoms with van der Waals surface area (Å²) in [6.07, 6.45) is 7.76. The van der Waals surface area contributed by atoms with Gasteiger partial charge in [-0.25, -0.2) is 4.98 Å². The van der Waals surface area contributed by atoms with Gasteiger partial charge in [0.2, 0.25) is 0 Å². The highest BCUT2D eigenvalue weighted by molar-refractivity contribution is 7.16. The molecule has 0 saturated heterocycles. The number of nitrogens with zero attached hydrogens (tertiary/aromatic N) is 3. The molecule has 1 aliphatic rings. The lowest BCUT2D eigenvalue weighted by atomic mass is 10.1. The first-order chi connectivity index (χ1) is 10.1. The number of aliphatic hydroxyl groups excluding tert-OH is 1. The lowest BCUT2D eigenvalue weighted by Gasteiger charge is -2.14. The highest BCUT2D eigenvalue weighted by Crippen LogP contribution is 2.26. The molecule has 21 heavy (non-hydrogen) atoms. The van der Waals surface area contributed by atoms with Crippen LogP contribution in [0.5, 0.6) is 0 Å². The van der Waals surface area contributed by atoms with Crippen LogP contribution in [0.4, 0.5) is 0 Å². The van der Waals surface area contributed by atoms with E-state index < -0.39 is 0 Å². The average Bonchev–Trinajstić information content (AvgIpc) is 3.16. The number of hydrogen-bond donors (Lipinski definition) is 2. The first-order valence-corrected chi connectivity index (χ1v) is 7.86. The zero-order chi connectivity index (χ0) is 14.8. The van der Waals surface area contributed by atoms with Crippen molar-refractivity contribution in [1.82, 2.24) is 20.1 Å². The van der Waals surface area contributed by atoms with Gasteiger partial charge < -0.3 is 10.4 Å². The number of rotatable bonds is 4. The summed E-state index contributed by atoms with van der Waals surface area (Å²) >= 11 is 1.35. The van der Waals surface area contributed by atoms with E-state index >= 15 is 0 Å². The Hall–Kier alpha value is -1.73. The molecule has 6 nitrogen and oxygen atoms in total. The second kappa shape index (κ2) is 5.95. The molecule has 3 rings (SSSR count). The topological polar surface area (TPSA) is 80.0 Å². The number of amides is 1. The predicted molar refractivity (Wildman–Crippen MR) is 80.0 cm³/mol. The SMILES string of the molecule is Cn1cc(-c2ncc(C(=O)NCC3CCCC3O)s2)cn1. The molecular formula is C14H18N4O2S. The molecule has 0 aromatic carbocycles. The highest BCUT2D eigenvalue weighted by atomic mass is 32.1. The Bertz CT molecular complexity index is 636. The smallest absolute Gasteiger partial charge is 0.263 e. The fraction of sp³-hybridized carbons (Fsp3) is 0.500. The molecule has 2 N–H and O–H groups in total. The highest BCUT2D eigenvalue weighted by Gasteiger charge is 2.25. The third-order valence-electron chi connectivity index (χ3n) is 3.83. The van der Waals surface area contributed by atoms with E-state index in [2.05, 4.69) is 15.4 Å². The number of carbonyl (C=O) groups excluding carboxylic acids is 1. The van der Waals surface area contributed by atoms with E-state index in [9.17, 15) is 9.90 Å². The number of aromatic nitrogens is 3. The van der Waals surface area contributed by atoms with Crippen LogP contribution >= 0.6 is 11.3 Å². The van der Waals surface area contributed by atoms with Crippen molar-refractivity contribution in [3.05, 3.63) is 23.5 Å². The molecule has 2 heterocycles. The molecule has 2 atom stereocenters. The summed E-state index contributed by atoms with van der Waals surface area (Å²) in [4.78, 5) is 17.0. The summed E-state index contributed by atoms with van der Waals surface area (Å²) in [6, 6.07) is 0. The van der Waals surface area contributed by atoms with Crippen LogP contribution in [-0.2, 0) is 7.05 Å². The Balaban J connectivity index is 1.61. The summed E-state index contributed by atoms with van der Waals surface area (Å²) in [5, 5.41) is 17.5.